The number of rotatable bonds is 2. The van der Waals surface area contributed by atoms with Crippen LogP contribution in [0.25, 0.3) is 0 Å². The molecule has 1 aromatic rings. The minimum absolute atomic E-state index is 0.0162. The first kappa shape index (κ1) is 9.74. The number of oxime groups is 1. The number of nitrogens with zero attached hydrogens (tertiary/aromatic N) is 1. The molecule has 0 aliphatic heterocycles. The second-order valence-electron chi connectivity index (χ2n) is 2.52. The molecule has 0 bridgehead atoms. The van der Waals surface area contributed by atoms with Crippen LogP contribution in [0.15, 0.2) is 29.4 Å². The van der Waals surface area contributed by atoms with Gasteiger partial charge in [0.1, 0.15) is 0 Å². The summed E-state index contributed by atoms with van der Waals surface area (Å²) in [4.78, 5) is 11.0. The number of benzene rings is 1. The summed E-state index contributed by atoms with van der Waals surface area (Å²) in [5.41, 5.74) is 0.532. The molecule has 1 N–H and O–H groups in total. The van der Waals surface area contributed by atoms with E-state index in [0.29, 0.717) is 10.6 Å². The van der Waals surface area contributed by atoms with Gasteiger partial charge < -0.3 is 5.21 Å². The van der Waals surface area contributed by atoms with Crippen LogP contribution in [0.4, 0.5) is 0 Å². The molecule has 0 spiro atoms. The van der Waals surface area contributed by atoms with Gasteiger partial charge in [-0.05, 0) is 12.1 Å². The van der Waals surface area contributed by atoms with Crippen LogP contribution in [0, 0.1) is 0 Å². The Balaban J connectivity index is 3.14. The van der Waals surface area contributed by atoms with Crippen molar-refractivity contribution in [3.8, 4) is 0 Å². The Hall–Kier alpha value is -1.35. The molecule has 0 aromatic heterocycles. The van der Waals surface area contributed by atoms with E-state index < -0.39 is 0 Å². The van der Waals surface area contributed by atoms with Crippen molar-refractivity contribution < 1.29 is 10.0 Å². The first-order chi connectivity index (χ1) is 6.15. The van der Waals surface area contributed by atoms with Crippen LogP contribution in [0.1, 0.15) is 12.5 Å². The van der Waals surface area contributed by atoms with Gasteiger partial charge in [0.25, 0.3) is 0 Å². The molecule has 68 valence electrons. The van der Waals surface area contributed by atoms with Crippen LogP contribution < -0.4 is 0 Å². The summed E-state index contributed by atoms with van der Waals surface area (Å²) in [6, 6.07) is 6.59. The molecule has 13 heavy (non-hydrogen) atoms. The summed E-state index contributed by atoms with van der Waals surface area (Å²) in [5, 5.41) is 12.0. The number of ketones is 1. The van der Waals surface area contributed by atoms with Crippen LogP contribution in [0.3, 0.4) is 0 Å². The quantitative estimate of drug-likeness (QED) is 0.449. The molecule has 0 radical (unpaired) electrons. The van der Waals surface area contributed by atoms with E-state index in [1.807, 2.05) is 0 Å². The zero-order chi connectivity index (χ0) is 9.84. The molecule has 0 aliphatic rings. The maximum atomic E-state index is 11.0. The highest BCUT2D eigenvalue weighted by Crippen LogP contribution is 2.11. The molecular weight excluding hydrogens is 190 g/mol. The molecule has 0 aliphatic carbocycles. The predicted molar refractivity (Wildman–Crippen MR) is 50.5 cm³/mol. The third kappa shape index (κ3) is 2.29. The van der Waals surface area contributed by atoms with E-state index >= 15 is 0 Å². The fourth-order valence-electron chi connectivity index (χ4n) is 0.967. The molecule has 0 saturated heterocycles. The largest absolute Gasteiger partial charge is 0.410 e. The molecule has 0 unspecified atom stereocenters. The van der Waals surface area contributed by atoms with Gasteiger partial charge in [0.2, 0.25) is 0 Å². The molecule has 0 atom stereocenters. The maximum Gasteiger partial charge on any atom is 0.182 e. The van der Waals surface area contributed by atoms with Crippen molar-refractivity contribution in [1.82, 2.24) is 0 Å². The third-order valence-corrected chi connectivity index (χ3v) is 1.77. The lowest BCUT2D eigenvalue weighted by Crippen LogP contribution is -2.11. The average Bonchev–Trinajstić information content (AvgIpc) is 2.04. The van der Waals surface area contributed by atoms with Crippen molar-refractivity contribution in [2.75, 3.05) is 0 Å². The minimum Gasteiger partial charge on any atom is -0.410 e. The van der Waals surface area contributed by atoms with Gasteiger partial charge in [-0.25, -0.2) is 0 Å². The van der Waals surface area contributed by atoms with E-state index in [2.05, 4.69) is 5.16 Å². The average molecular weight is 198 g/mol. The van der Waals surface area contributed by atoms with Gasteiger partial charge in [-0.3, -0.25) is 4.79 Å². The van der Waals surface area contributed by atoms with Crippen LogP contribution in [-0.2, 0) is 4.79 Å². The van der Waals surface area contributed by atoms with Crippen molar-refractivity contribution in [3.05, 3.63) is 34.9 Å². The lowest BCUT2D eigenvalue weighted by molar-refractivity contribution is -0.111. The van der Waals surface area contributed by atoms with E-state index in [4.69, 9.17) is 16.8 Å². The molecule has 3 nitrogen and oxygen atoms in total. The smallest absolute Gasteiger partial charge is 0.182 e. The number of carbonyl (C=O) groups is 1. The Morgan fingerprint density at radius 3 is 2.69 bits per heavy atom. The summed E-state index contributed by atoms with van der Waals surface area (Å²) in [6.45, 7) is 1.33. The van der Waals surface area contributed by atoms with Crippen LogP contribution >= 0.6 is 11.6 Å². The zero-order valence-electron chi connectivity index (χ0n) is 6.99. The lowest BCUT2D eigenvalue weighted by Gasteiger charge is -1.99. The number of hydrogen-bond donors (Lipinski definition) is 1. The van der Waals surface area contributed by atoms with Gasteiger partial charge in [0, 0.05) is 17.5 Å². The Labute approximate surface area is 80.6 Å². The van der Waals surface area contributed by atoms with Crippen LogP contribution in [-0.4, -0.2) is 16.7 Å². The van der Waals surface area contributed by atoms with Gasteiger partial charge in [-0.2, -0.15) is 0 Å². The summed E-state index contributed by atoms with van der Waals surface area (Å²) < 4.78 is 0. The van der Waals surface area contributed by atoms with Gasteiger partial charge in [-0.15, -0.1) is 0 Å². The van der Waals surface area contributed by atoms with Crippen molar-refractivity contribution in [2.24, 2.45) is 5.16 Å². The van der Waals surface area contributed by atoms with E-state index in [9.17, 15) is 4.79 Å². The molecule has 0 amide bonds. The number of halogens is 1. The SMILES string of the molecule is CC(=O)C(=NO)c1cccc(Cl)c1. The van der Waals surface area contributed by atoms with Crippen molar-refractivity contribution in [3.63, 3.8) is 0 Å². The number of Topliss-reactive ketones (excluding diaryl/α,β-unsaturated/α-hetero) is 1. The van der Waals surface area contributed by atoms with Crippen LogP contribution in [0.2, 0.25) is 5.02 Å². The van der Waals surface area contributed by atoms with Crippen molar-refractivity contribution in [1.29, 1.82) is 0 Å². The van der Waals surface area contributed by atoms with E-state index in [1.165, 1.54) is 6.92 Å². The summed E-state index contributed by atoms with van der Waals surface area (Å²) in [5.74, 6) is -0.301. The monoisotopic (exact) mass is 197 g/mol. The fourth-order valence-corrected chi connectivity index (χ4v) is 1.16. The van der Waals surface area contributed by atoms with Gasteiger partial charge in [0.05, 0.1) is 0 Å². The lowest BCUT2D eigenvalue weighted by atomic mass is 10.1. The Morgan fingerprint density at radius 2 is 2.23 bits per heavy atom. The molecule has 0 heterocycles. The topological polar surface area (TPSA) is 49.7 Å². The predicted octanol–water partition coefficient (Wildman–Crippen LogP) is 2.11. The molecule has 1 rings (SSSR count). The molecular formula is C9H8ClNO2. The van der Waals surface area contributed by atoms with E-state index in [-0.39, 0.29) is 11.5 Å². The molecule has 0 fully saturated rings. The van der Waals surface area contributed by atoms with Gasteiger partial charge >= 0.3 is 0 Å². The third-order valence-electron chi connectivity index (χ3n) is 1.53. The molecule has 4 heteroatoms. The summed E-state index contributed by atoms with van der Waals surface area (Å²) in [7, 11) is 0. The highest BCUT2D eigenvalue weighted by atomic mass is 35.5. The normalized spacial score (nSPS) is 11.4. The second-order valence-corrected chi connectivity index (χ2v) is 2.95. The van der Waals surface area contributed by atoms with Crippen molar-refractivity contribution >= 4 is 23.1 Å². The van der Waals surface area contributed by atoms with Crippen LogP contribution in [0.5, 0.6) is 0 Å². The Morgan fingerprint density at radius 1 is 1.54 bits per heavy atom. The minimum atomic E-state index is -0.301. The van der Waals surface area contributed by atoms with Crippen molar-refractivity contribution in [2.45, 2.75) is 6.92 Å². The highest BCUT2D eigenvalue weighted by molar-refractivity contribution is 6.45. The summed E-state index contributed by atoms with van der Waals surface area (Å²) >= 11 is 5.70. The first-order valence-corrected chi connectivity index (χ1v) is 4.02. The summed E-state index contributed by atoms with van der Waals surface area (Å²) in [6.07, 6.45) is 0. The first-order valence-electron chi connectivity index (χ1n) is 3.64. The number of hydrogen-bond acceptors (Lipinski definition) is 3. The fraction of sp³-hybridized carbons (Fsp3) is 0.111. The Kier molecular flexibility index (Phi) is 3.03. The number of carbonyl (C=O) groups excluding carboxylic acids is 1. The second kappa shape index (κ2) is 4.05. The standard InChI is InChI=1S/C9H8ClNO2/c1-6(12)9(11-13)7-3-2-4-8(10)5-7/h2-5,13H,1H3. The zero-order valence-corrected chi connectivity index (χ0v) is 7.75. The van der Waals surface area contributed by atoms with E-state index in [0.717, 1.165) is 0 Å². The maximum absolute atomic E-state index is 11.0. The van der Waals surface area contributed by atoms with Gasteiger partial charge in [0.15, 0.2) is 11.5 Å². The van der Waals surface area contributed by atoms with E-state index in [1.54, 1.807) is 24.3 Å². The molecule has 1 aromatic carbocycles. The Bertz CT molecular complexity index is 360. The van der Waals surface area contributed by atoms with Gasteiger partial charge in [-0.1, -0.05) is 28.9 Å². The highest BCUT2D eigenvalue weighted by Gasteiger charge is 2.09. The molecule has 0 saturated carbocycles.